The van der Waals surface area contributed by atoms with Crippen molar-refractivity contribution < 1.29 is 19.1 Å². The molecule has 2 aliphatic heterocycles. The predicted molar refractivity (Wildman–Crippen MR) is 100 cm³/mol. The van der Waals surface area contributed by atoms with Gasteiger partial charge in [-0.25, -0.2) is 4.79 Å². The number of hydrogen-bond acceptors (Lipinski definition) is 4. The average Bonchev–Trinajstić information content (AvgIpc) is 3.08. The standard InChI is InChI=1S/C20H27N3O4/c24-19(15-6-7-17-18(14-15)27-13-12-26-17)22-8-3-9-23(11-10-22)20(25)21-16-4-1-2-5-16/h6-7,14,16H,1-5,8-13H2,(H,21,25). The van der Waals surface area contributed by atoms with Crippen molar-refractivity contribution in [2.24, 2.45) is 0 Å². The predicted octanol–water partition coefficient (Wildman–Crippen LogP) is 2.26. The Labute approximate surface area is 159 Å². The number of nitrogens with zero attached hydrogens (tertiary/aromatic N) is 2. The zero-order valence-electron chi connectivity index (χ0n) is 15.6. The molecule has 0 atom stereocenters. The van der Waals surface area contributed by atoms with Crippen LogP contribution in [0.5, 0.6) is 11.5 Å². The van der Waals surface area contributed by atoms with Gasteiger partial charge in [-0.1, -0.05) is 12.8 Å². The second-order valence-corrected chi connectivity index (χ2v) is 7.42. The fourth-order valence-corrected chi connectivity index (χ4v) is 4.02. The number of carbonyl (C=O) groups is 2. The fraction of sp³-hybridized carbons (Fsp3) is 0.600. The third-order valence-corrected chi connectivity index (χ3v) is 5.54. The van der Waals surface area contributed by atoms with E-state index in [-0.39, 0.29) is 11.9 Å². The summed E-state index contributed by atoms with van der Waals surface area (Å²) in [5.74, 6) is 1.29. The Balaban J connectivity index is 1.36. The molecule has 3 aliphatic rings. The number of benzene rings is 1. The van der Waals surface area contributed by atoms with Crippen molar-refractivity contribution in [3.05, 3.63) is 23.8 Å². The molecule has 1 aromatic carbocycles. The monoisotopic (exact) mass is 373 g/mol. The van der Waals surface area contributed by atoms with E-state index < -0.39 is 0 Å². The highest BCUT2D eigenvalue weighted by Crippen LogP contribution is 2.31. The van der Waals surface area contributed by atoms with Gasteiger partial charge in [-0.15, -0.1) is 0 Å². The van der Waals surface area contributed by atoms with Gasteiger partial charge in [-0.2, -0.15) is 0 Å². The van der Waals surface area contributed by atoms with Gasteiger partial charge in [0, 0.05) is 37.8 Å². The van der Waals surface area contributed by atoms with Gasteiger partial charge in [0.05, 0.1) is 0 Å². The van der Waals surface area contributed by atoms with E-state index in [1.54, 1.807) is 18.2 Å². The van der Waals surface area contributed by atoms with Gasteiger partial charge in [0.25, 0.3) is 5.91 Å². The molecular formula is C20H27N3O4. The summed E-state index contributed by atoms with van der Waals surface area (Å²) in [5.41, 5.74) is 0.600. The van der Waals surface area contributed by atoms with E-state index in [4.69, 9.17) is 9.47 Å². The second-order valence-electron chi connectivity index (χ2n) is 7.42. The van der Waals surface area contributed by atoms with Crippen LogP contribution in [-0.4, -0.2) is 67.2 Å². The van der Waals surface area contributed by atoms with Crippen LogP contribution in [-0.2, 0) is 0 Å². The molecule has 0 unspecified atom stereocenters. The Morgan fingerprint density at radius 1 is 0.889 bits per heavy atom. The number of carbonyl (C=O) groups excluding carboxylic acids is 2. The number of amides is 3. The highest BCUT2D eigenvalue weighted by atomic mass is 16.6. The number of urea groups is 1. The van der Waals surface area contributed by atoms with Crippen LogP contribution < -0.4 is 14.8 Å². The molecule has 7 heteroatoms. The van der Waals surface area contributed by atoms with Gasteiger partial charge < -0.3 is 24.6 Å². The molecule has 1 aromatic rings. The summed E-state index contributed by atoms with van der Waals surface area (Å²) in [7, 11) is 0. The maximum absolute atomic E-state index is 12.9. The van der Waals surface area contributed by atoms with Crippen molar-refractivity contribution in [3.8, 4) is 11.5 Å². The third kappa shape index (κ3) is 4.12. The lowest BCUT2D eigenvalue weighted by Gasteiger charge is -2.24. The van der Waals surface area contributed by atoms with Crippen LogP contribution in [0.3, 0.4) is 0 Å². The van der Waals surface area contributed by atoms with Gasteiger partial charge in [-0.3, -0.25) is 4.79 Å². The van der Waals surface area contributed by atoms with E-state index in [1.807, 2.05) is 9.80 Å². The normalized spacial score (nSPS) is 20.3. The molecule has 27 heavy (non-hydrogen) atoms. The van der Waals surface area contributed by atoms with E-state index in [2.05, 4.69) is 5.32 Å². The summed E-state index contributed by atoms with van der Waals surface area (Å²) in [4.78, 5) is 29.1. The van der Waals surface area contributed by atoms with Crippen molar-refractivity contribution in [2.45, 2.75) is 38.1 Å². The van der Waals surface area contributed by atoms with E-state index in [9.17, 15) is 9.59 Å². The Kier molecular flexibility index (Phi) is 5.36. The molecule has 0 spiro atoms. The first-order chi connectivity index (χ1) is 13.2. The average molecular weight is 373 g/mol. The molecule has 0 bridgehead atoms. The van der Waals surface area contributed by atoms with Crippen molar-refractivity contribution >= 4 is 11.9 Å². The third-order valence-electron chi connectivity index (χ3n) is 5.54. The van der Waals surface area contributed by atoms with Crippen molar-refractivity contribution in [2.75, 3.05) is 39.4 Å². The Hall–Kier alpha value is -2.44. The zero-order valence-corrected chi connectivity index (χ0v) is 15.6. The Bertz CT molecular complexity index is 702. The Morgan fingerprint density at radius 2 is 1.59 bits per heavy atom. The summed E-state index contributed by atoms with van der Waals surface area (Å²) in [6.45, 7) is 3.48. The van der Waals surface area contributed by atoms with Crippen molar-refractivity contribution in [3.63, 3.8) is 0 Å². The molecule has 1 saturated carbocycles. The lowest BCUT2D eigenvalue weighted by molar-refractivity contribution is 0.0761. The lowest BCUT2D eigenvalue weighted by Crippen LogP contribution is -2.45. The molecule has 1 aliphatic carbocycles. The number of ether oxygens (including phenoxy) is 2. The van der Waals surface area contributed by atoms with Crippen LogP contribution in [0.2, 0.25) is 0 Å². The van der Waals surface area contributed by atoms with Crippen LogP contribution in [0.15, 0.2) is 18.2 Å². The highest BCUT2D eigenvalue weighted by Gasteiger charge is 2.26. The first-order valence-electron chi connectivity index (χ1n) is 9.95. The Morgan fingerprint density at radius 3 is 2.41 bits per heavy atom. The fourth-order valence-electron chi connectivity index (χ4n) is 4.02. The molecule has 2 fully saturated rings. The topological polar surface area (TPSA) is 71.1 Å². The van der Waals surface area contributed by atoms with E-state index in [1.165, 1.54) is 12.8 Å². The minimum atomic E-state index is -0.0231. The molecular weight excluding hydrogens is 346 g/mol. The maximum atomic E-state index is 12.9. The number of rotatable bonds is 2. The summed E-state index contributed by atoms with van der Waals surface area (Å²) >= 11 is 0. The van der Waals surface area contributed by atoms with Gasteiger partial charge in [0.2, 0.25) is 0 Å². The van der Waals surface area contributed by atoms with Crippen molar-refractivity contribution in [1.82, 2.24) is 15.1 Å². The first-order valence-corrected chi connectivity index (χ1v) is 9.95. The highest BCUT2D eigenvalue weighted by molar-refractivity contribution is 5.95. The van der Waals surface area contributed by atoms with Gasteiger partial charge in [0.15, 0.2) is 11.5 Å². The molecule has 1 N–H and O–H groups in total. The zero-order chi connectivity index (χ0) is 18.6. The maximum Gasteiger partial charge on any atom is 0.317 e. The molecule has 2 heterocycles. The lowest BCUT2D eigenvalue weighted by atomic mass is 10.1. The van der Waals surface area contributed by atoms with Crippen LogP contribution in [0.25, 0.3) is 0 Å². The van der Waals surface area contributed by atoms with Crippen LogP contribution in [0.1, 0.15) is 42.5 Å². The minimum Gasteiger partial charge on any atom is -0.486 e. The van der Waals surface area contributed by atoms with Crippen LogP contribution >= 0.6 is 0 Å². The number of hydrogen-bond donors (Lipinski definition) is 1. The SMILES string of the molecule is O=C(NC1CCCC1)N1CCCN(C(=O)c2ccc3c(c2)OCCO3)CC1. The smallest absolute Gasteiger partial charge is 0.317 e. The summed E-state index contributed by atoms with van der Waals surface area (Å²) in [5, 5.41) is 3.14. The molecule has 1 saturated heterocycles. The van der Waals surface area contributed by atoms with Gasteiger partial charge >= 0.3 is 6.03 Å². The first kappa shape index (κ1) is 17.9. The molecule has 4 rings (SSSR count). The summed E-state index contributed by atoms with van der Waals surface area (Å²) in [6.07, 6.45) is 5.34. The van der Waals surface area contributed by atoms with Gasteiger partial charge in [0.1, 0.15) is 13.2 Å². The molecule has 7 nitrogen and oxygen atoms in total. The number of nitrogens with one attached hydrogen (secondary N) is 1. The quantitative estimate of drug-likeness (QED) is 0.863. The molecule has 3 amide bonds. The summed E-state index contributed by atoms with van der Waals surface area (Å²) < 4.78 is 11.1. The molecule has 146 valence electrons. The minimum absolute atomic E-state index is 0.00975. The molecule has 0 radical (unpaired) electrons. The largest absolute Gasteiger partial charge is 0.486 e. The van der Waals surface area contributed by atoms with Crippen molar-refractivity contribution in [1.29, 1.82) is 0 Å². The van der Waals surface area contributed by atoms with E-state index >= 15 is 0 Å². The number of fused-ring (bicyclic) bond motifs is 1. The van der Waals surface area contributed by atoms with Gasteiger partial charge in [-0.05, 0) is 37.5 Å². The van der Waals surface area contributed by atoms with Crippen LogP contribution in [0.4, 0.5) is 4.79 Å². The second kappa shape index (κ2) is 8.06. The summed E-state index contributed by atoms with van der Waals surface area (Å²) in [6, 6.07) is 5.66. The van der Waals surface area contributed by atoms with E-state index in [0.717, 1.165) is 19.3 Å². The van der Waals surface area contributed by atoms with Crippen LogP contribution in [0, 0.1) is 0 Å². The van der Waals surface area contributed by atoms with E-state index in [0.29, 0.717) is 62.5 Å². The molecule has 0 aromatic heterocycles.